The van der Waals surface area contributed by atoms with E-state index in [2.05, 4.69) is 45.2 Å². The third-order valence-corrected chi connectivity index (χ3v) is 8.00. The number of aryl methyl sites for hydroxylation is 2. The van der Waals surface area contributed by atoms with Crippen molar-refractivity contribution in [2.45, 2.75) is 70.3 Å². The lowest BCUT2D eigenvalue weighted by Crippen LogP contribution is -2.46. The van der Waals surface area contributed by atoms with Crippen LogP contribution >= 0.6 is 0 Å². The third-order valence-electron chi connectivity index (χ3n) is 8.00. The Balaban J connectivity index is 1.24. The summed E-state index contributed by atoms with van der Waals surface area (Å²) in [6, 6.07) is 8.10. The van der Waals surface area contributed by atoms with Crippen LogP contribution in [0, 0.1) is 5.92 Å². The Morgan fingerprint density at radius 3 is 2.79 bits per heavy atom. The molecule has 1 aromatic carbocycles. The quantitative estimate of drug-likeness (QED) is 0.320. The number of aromatic nitrogens is 5. The summed E-state index contributed by atoms with van der Waals surface area (Å²) in [6.07, 6.45) is 13.5. The van der Waals surface area contributed by atoms with E-state index in [1.54, 1.807) is 35.4 Å². The van der Waals surface area contributed by atoms with Gasteiger partial charge in [0, 0.05) is 30.8 Å². The summed E-state index contributed by atoms with van der Waals surface area (Å²) < 4.78 is 13.4. The van der Waals surface area contributed by atoms with Gasteiger partial charge in [-0.05, 0) is 61.3 Å². The summed E-state index contributed by atoms with van der Waals surface area (Å²) in [5.74, 6) is 1.34. The summed E-state index contributed by atoms with van der Waals surface area (Å²) in [6.45, 7) is 2.12. The minimum Gasteiger partial charge on any atom is -0.512 e. The predicted octanol–water partition coefficient (Wildman–Crippen LogP) is 5.21. The van der Waals surface area contributed by atoms with Crippen molar-refractivity contribution in [1.29, 1.82) is 0 Å². The second-order valence-electron chi connectivity index (χ2n) is 10.3. The Morgan fingerprint density at radius 1 is 1.18 bits per heavy atom. The maximum atomic E-state index is 13.3. The van der Waals surface area contributed by atoms with Crippen LogP contribution in [-0.2, 0) is 28.8 Å². The van der Waals surface area contributed by atoms with E-state index in [0.29, 0.717) is 30.3 Å². The van der Waals surface area contributed by atoms with Gasteiger partial charge in [0.2, 0.25) is 5.89 Å². The van der Waals surface area contributed by atoms with Gasteiger partial charge in [-0.3, -0.25) is 0 Å². The van der Waals surface area contributed by atoms with Gasteiger partial charge in [-0.1, -0.05) is 31.9 Å². The van der Waals surface area contributed by atoms with E-state index in [4.69, 9.17) is 9.15 Å². The molecule has 0 amide bonds. The van der Waals surface area contributed by atoms with Gasteiger partial charge in [-0.2, -0.15) is 4.98 Å². The van der Waals surface area contributed by atoms with E-state index < -0.39 is 11.6 Å². The average molecular weight is 514 g/mol. The topological polar surface area (TPSA) is 116 Å². The number of oxazole rings is 1. The number of fused-ring (bicyclic) bond motifs is 1. The van der Waals surface area contributed by atoms with Gasteiger partial charge < -0.3 is 14.3 Å². The summed E-state index contributed by atoms with van der Waals surface area (Å²) >= 11 is 0. The van der Waals surface area contributed by atoms with Crippen LogP contribution in [0.1, 0.15) is 62.4 Å². The molecule has 0 spiro atoms. The second kappa shape index (κ2) is 10.0. The molecule has 1 saturated carbocycles. The average Bonchev–Trinajstić information content (AvgIpc) is 3.71. The van der Waals surface area contributed by atoms with E-state index in [1.165, 1.54) is 11.1 Å². The van der Waals surface area contributed by atoms with E-state index in [1.807, 2.05) is 0 Å². The molecule has 38 heavy (non-hydrogen) atoms. The number of carbonyl (C=O) groups is 1. The zero-order valence-electron chi connectivity index (χ0n) is 21.5. The molecule has 4 heterocycles. The second-order valence-corrected chi connectivity index (χ2v) is 10.3. The number of rotatable bonds is 8. The highest BCUT2D eigenvalue weighted by Crippen LogP contribution is 2.46. The number of esters is 1. The Labute approximate surface area is 220 Å². The number of ether oxygens (including phenoxy) is 1. The molecule has 9 nitrogen and oxygen atoms in total. The van der Waals surface area contributed by atoms with Crippen molar-refractivity contribution in [3.63, 3.8) is 0 Å². The molecular formula is C29H31N5O4. The highest BCUT2D eigenvalue weighted by molar-refractivity contribution is 5.90. The van der Waals surface area contributed by atoms with Gasteiger partial charge in [0.25, 0.3) is 5.78 Å². The van der Waals surface area contributed by atoms with Crippen molar-refractivity contribution in [1.82, 2.24) is 24.6 Å². The molecule has 6 rings (SSSR count). The summed E-state index contributed by atoms with van der Waals surface area (Å²) in [5, 5.41) is 15.6. The van der Waals surface area contributed by atoms with Crippen LogP contribution < -0.4 is 0 Å². The number of cyclic esters (lactones) is 1. The summed E-state index contributed by atoms with van der Waals surface area (Å²) in [7, 11) is 0. The van der Waals surface area contributed by atoms with Crippen LogP contribution in [-0.4, -0.2) is 41.2 Å². The highest BCUT2D eigenvalue weighted by atomic mass is 16.6. The first-order valence-corrected chi connectivity index (χ1v) is 13.4. The van der Waals surface area contributed by atoms with Gasteiger partial charge in [0.1, 0.15) is 17.6 Å². The molecule has 9 heteroatoms. The fourth-order valence-corrected chi connectivity index (χ4v) is 6.01. The smallest absolute Gasteiger partial charge is 0.338 e. The van der Waals surface area contributed by atoms with Crippen molar-refractivity contribution in [2.24, 2.45) is 5.92 Å². The fraction of sp³-hybridized carbons (Fsp3) is 0.414. The first kappa shape index (κ1) is 24.3. The SMILES string of the molecule is CCc1cc(CCC2(C3CCCC3)CC(O)=C(Cc3nc4ncccn4n3)C(=O)O2)ccc1-c1ncco1. The fourth-order valence-electron chi connectivity index (χ4n) is 6.01. The molecule has 1 atom stereocenters. The minimum atomic E-state index is -0.720. The number of aliphatic hydroxyl groups excluding tert-OH is 1. The number of nitrogens with zero attached hydrogens (tertiary/aromatic N) is 5. The van der Waals surface area contributed by atoms with E-state index in [9.17, 15) is 9.90 Å². The lowest BCUT2D eigenvalue weighted by Gasteiger charge is -2.41. The largest absolute Gasteiger partial charge is 0.512 e. The molecule has 0 saturated heterocycles. The zero-order chi connectivity index (χ0) is 26.1. The lowest BCUT2D eigenvalue weighted by atomic mass is 9.76. The van der Waals surface area contributed by atoms with Gasteiger partial charge >= 0.3 is 5.97 Å². The monoisotopic (exact) mass is 513 g/mol. The zero-order valence-corrected chi connectivity index (χ0v) is 21.5. The molecule has 196 valence electrons. The number of benzene rings is 1. The van der Waals surface area contributed by atoms with Crippen molar-refractivity contribution < 1.29 is 19.1 Å². The molecule has 0 radical (unpaired) electrons. The van der Waals surface area contributed by atoms with E-state index in [0.717, 1.165) is 44.1 Å². The van der Waals surface area contributed by atoms with Crippen molar-refractivity contribution in [2.75, 3.05) is 0 Å². The molecule has 2 aliphatic rings. The Hall–Kier alpha value is -4.01. The predicted molar refractivity (Wildman–Crippen MR) is 139 cm³/mol. The molecule has 1 unspecified atom stereocenters. The van der Waals surface area contributed by atoms with Crippen LogP contribution in [0.5, 0.6) is 0 Å². The Kier molecular flexibility index (Phi) is 6.43. The number of hydrogen-bond acceptors (Lipinski definition) is 8. The van der Waals surface area contributed by atoms with Crippen LogP contribution in [0.2, 0.25) is 0 Å². The van der Waals surface area contributed by atoms with Crippen molar-refractivity contribution in [3.8, 4) is 11.5 Å². The van der Waals surface area contributed by atoms with Gasteiger partial charge in [0.15, 0.2) is 5.82 Å². The summed E-state index contributed by atoms with van der Waals surface area (Å²) in [5.41, 5.74) is 2.85. The molecule has 1 aliphatic heterocycles. The van der Waals surface area contributed by atoms with Crippen LogP contribution in [0.15, 0.2) is 64.9 Å². The van der Waals surface area contributed by atoms with Gasteiger partial charge in [-0.25, -0.2) is 19.3 Å². The first-order valence-electron chi connectivity index (χ1n) is 13.4. The molecule has 1 aliphatic carbocycles. The van der Waals surface area contributed by atoms with Crippen molar-refractivity contribution >= 4 is 11.7 Å². The summed E-state index contributed by atoms with van der Waals surface area (Å²) in [4.78, 5) is 26.2. The van der Waals surface area contributed by atoms with Crippen LogP contribution in [0.3, 0.4) is 0 Å². The standard InChI is InChI=1S/C29H31N5O4/c1-2-20-16-19(8-9-22(20)26-30-13-15-37-26)10-11-29(21-6-3-4-7-21)18-24(35)23(27(36)38-29)17-25-32-28-31-12-5-14-34(28)33-25/h5,8-9,12-16,21,35H,2-4,6-7,10-11,17-18H2,1H3. The molecule has 1 N–H and O–H groups in total. The molecule has 3 aromatic heterocycles. The maximum Gasteiger partial charge on any atom is 0.338 e. The minimum absolute atomic E-state index is 0.0912. The lowest BCUT2D eigenvalue weighted by molar-refractivity contribution is -0.167. The number of aliphatic hydroxyl groups is 1. The number of hydrogen-bond donors (Lipinski definition) is 1. The highest BCUT2D eigenvalue weighted by Gasteiger charge is 2.48. The molecule has 4 aromatic rings. The van der Waals surface area contributed by atoms with E-state index in [-0.39, 0.29) is 23.7 Å². The molecule has 0 bridgehead atoms. The third kappa shape index (κ3) is 4.57. The van der Waals surface area contributed by atoms with Crippen molar-refractivity contribution in [3.05, 3.63) is 77.4 Å². The Bertz CT molecular complexity index is 1450. The van der Waals surface area contributed by atoms with Crippen LogP contribution in [0.4, 0.5) is 0 Å². The number of carbonyl (C=O) groups excluding carboxylic acids is 1. The van der Waals surface area contributed by atoms with Gasteiger partial charge in [0.05, 0.1) is 11.8 Å². The Morgan fingerprint density at radius 2 is 2.05 bits per heavy atom. The molecule has 1 fully saturated rings. The van der Waals surface area contributed by atoms with Gasteiger partial charge in [-0.15, -0.1) is 5.10 Å². The molecular weight excluding hydrogens is 482 g/mol. The normalized spacial score (nSPS) is 20.4. The maximum absolute atomic E-state index is 13.3. The van der Waals surface area contributed by atoms with E-state index >= 15 is 0 Å². The van der Waals surface area contributed by atoms with Crippen LogP contribution in [0.25, 0.3) is 17.2 Å². The first-order chi connectivity index (χ1) is 18.5.